The fourth-order valence-electron chi connectivity index (χ4n) is 2.00. The van der Waals surface area contributed by atoms with Gasteiger partial charge in [-0.3, -0.25) is 4.79 Å². The average molecular weight is 387 g/mol. The van der Waals surface area contributed by atoms with Crippen molar-refractivity contribution in [3.63, 3.8) is 0 Å². The van der Waals surface area contributed by atoms with Crippen molar-refractivity contribution in [2.45, 2.75) is 25.6 Å². The third kappa shape index (κ3) is 6.32. The van der Waals surface area contributed by atoms with Gasteiger partial charge in [-0.05, 0) is 31.5 Å². The molecule has 0 radical (unpaired) electrons. The number of carboxylic acids is 1. The highest BCUT2D eigenvalue weighted by atomic mass is 19.4. The van der Waals surface area contributed by atoms with E-state index in [1.54, 1.807) is 31.2 Å². The molecule has 1 aromatic heterocycles. The zero-order valence-electron chi connectivity index (χ0n) is 15.2. The van der Waals surface area contributed by atoms with Crippen LogP contribution in [0.2, 0.25) is 0 Å². The van der Waals surface area contributed by atoms with E-state index < -0.39 is 17.7 Å². The van der Waals surface area contributed by atoms with Crippen molar-refractivity contribution in [3.05, 3.63) is 48.0 Å². The first kappa shape index (κ1) is 22.0. The number of aliphatic carboxylic acids is 1. The maximum absolute atomic E-state index is 12.2. The fraction of sp³-hybridized carbons (Fsp3) is 0.353. The van der Waals surface area contributed by atoms with E-state index in [1.165, 1.54) is 0 Å². The predicted molar refractivity (Wildman–Crippen MR) is 90.4 cm³/mol. The molecular weight excluding hydrogens is 367 g/mol. The Morgan fingerprint density at radius 2 is 1.70 bits per heavy atom. The molecule has 0 saturated heterocycles. The van der Waals surface area contributed by atoms with Crippen LogP contribution in [-0.2, 0) is 17.4 Å². The molecule has 7 nitrogen and oxygen atoms in total. The zero-order valence-corrected chi connectivity index (χ0v) is 15.2. The maximum Gasteiger partial charge on any atom is 0.490 e. The molecule has 2 N–H and O–H groups in total. The number of methoxy groups -OCH3 is 1. The Labute approximate surface area is 153 Å². The molecule has 0 aliphatic carbocycles. The summed E-state index contributed by atoms with van der Waals surface area (Å²) in [7, 11) is 3.42. The van der Waals surface area contributed by atoms with Crippen LogP contribution in [-0.4, -0.2) is 39.8 Å². The second-order valence-corrected chi connectivity index (χ2v) is 6.00. The van der Waals surface area contributed by atoms with E-state index in [0.717, 1.165) is 11.3 Å². The second-order valence-electron chi connectivity index (χ2n) is 6.00. The number of rotatable bonds is 4. The van der Waals surface area contributed by atoms with E-state index in [9.17, 15) is 18.0 Å². The molecular formula is C17H20F3N3O4. The number of benzene rings is 1. The number of aryl methyl sites for hydroxylation is 1. The van der Waals surface area contributed by atoms with E-state index in [1.807, 2.05) is 38.1 Å². The second kappa shape index (κ2) is 8.56. The van der Waals surface area contributed by atoms with Crippen LogP contribution in [0.5, 0.6) is 5.75 Å². The number of aromatic nitrogens is 2. The highest BCUT2D eigenvalue weighted by molar-refractivity contribution is 5.92. The highest BCUT2D eigenvalue weighted by Gasteiger charge is 2.38. The van der Waals surface area contributed by atoms with Gasteiger partial charge < -0.3 is 19.7 Å². The number of carbonyl (C=O) groups is 2. The van der Waals surface area contributed by atoms with Crippen LogP contribution >= 0.6 is 0 Å². The molecule has 0 bridgehead atoms. The standard InChI is InChI=1S/C15H19N3O2.C2HF3O2/c1-15(2,11-5-7-12(20-4)8-6-11)17-14(19)13-9-16-10-18(13)3;3-2(4,5)1(6)7/h5-10H,1-4H3,(H,17,19);(H,6,7). The quantitative estimate of drug-likeness (QED) is 0.842. The van der Waals surface area contributed by atoms with Crippen molar-refractivity contribution in [2.24, 2.45) is 7.05 Å². The summed E-state index contributed by atoms with van der Waals surface area (Å²) in [4.78, 5) is 25.1. The van der Waals surface area contributed by atoms with Gasteiger partial charge in [-0.15, -0.1) is 0 Å². The molecule has 0 saturated carbocycles. The van der Waals surface area contributed by atoms with Gasteiger partial charge in [0.15, 0.2) is 0 Å². The maximum atomic E-state index is 12.2. The highest BCUT2D eigenvalue weighted by Crippen LogP contribution is 2.23. The normalized spacial score (nSPS) is 11.2. The lowest BCUT2D eigenvalue weighted by atomic mass is 9.94. The summed E-state index contributed by atoms with van der Waals surface area (Å²) in [6, 6.07) is 7.66. The van der Waals surface area contributed by atoms with E-state index in [-0.39, 0.29) is 5.91 Å². The number of hydrogen-bond donors (Lipinski definition) is 2. The zero-order chi connectivity index (χ0) is 20.8. The molecule has 2 rings (SSSR count). The number of carbonyl (C=O) groups excluding carboxylic acids is 1. The Morgan fingerprint density at radius 3 is 2.07 bits per heavy atom. The van der Waals surface area contributed by atoms with Crippen LogP contribution in [0.4, 0.5) is 13.2 Å². The number of hydrogen-bond acceptors (Lipinski definition) is 4. The minimum Gasteiger partial charge on any atom is -0.497 e. The summed E-state index contributed by atoms with van der Waals surface area (Å²) in [6.07, 6.45) is -1.92. The first-order chi connectivity index (χ1) is 12.4. The Bertz CT molecular complexity index is 783. The number of nitrogens with zero attached hydrogens (tertiary/aromatic N) is 2. The summed E-state index contributed by atoms with van der Waals surface area (Å²) in [5.74, 6) is -2.11. The number of ether oxygens (including phenoxy) is 1. The van der Waals surface area contributed by atoms with E-state index in [2.05, 4.69) is 10.3 Å². The largest absolute Gasteiger partial charge is 0.497 e. The van der Waals surface area contributed by atoms with Gasteiger partial charge in [0.2, 0.25) is 0 Å². The number of alkyl halides is 3. The smallest absolute Gasteiger partial charge is 0.490 e. The first-order valence-electron chi connectivity index (χ1n) is 7.62. The molecule has 148 valence electrons. The number of amides is 1. The van der Waals surface area contributed by atoms with E-state index in [4.69, 9.17) is 14.6 Å². The van der Waals surface area contributed by atoms with Crippen LogP contribution in [0.3, 0.4) is 0 Å². The molecule has 0 aliphatic rings. The van der Waals surface area contributed by atoms with Gasteiger partial charge in [0.25, 0.3) is 5.91 Å². The minimum absolute atomic E-state index is 0.147. The van der Waals surface area contributed by atoms with Crippen molar-refractivity contribution in [1.82, 2.24) is 14.9 Å². The summed E-state index contributed by atoms with van der Waals surface area (Å²) in [6.45, 7) is 3.92. The molecule has 10 heteroatoms. The van der Waals surface area contributed by atoms with E-state index in [0.29, 0.717) is 5.69 Å². The molecule has 1 heterocycles. The van der Waals surface area contributed by atoms with Crippen molar-refractivity contribution >= 4 is 11.9 Å². The van der Waals surface area contributed by atoms with Gasteiger partial charge in [0.1, 0.15) is 11.4 Å². The average Bonchev–Trinajstić information content (AvgIpc) is 3.00. The third-order valence-corrected chi connectivity index (χ3v) is 3.53. The number of imidazole rings is 1. The van der Waals surface area contributed by atoms with Gasteiger partial charge in [0, 0.05) is 7.05 Å². The third-order valence-electron chi connectivity index (χ3n) is 3.53. The molecule has 0 aliphatic heterocycles. The van der Waals surface area contributed by atoms with Crippen LogP contribution in [0.25, 0.3) is 0 Å². The lowest BCUT2D eigenvalue weighted by Gasteiger charge is -2.27. The van der Waals surface area contributed by atoms with Crippen molar-refractivity contribution in [1.29, 1.82) is 0 Å². The lowest BCUT2D eigenvalue weighted by molar-refractivity contribution is -0.192. The van der Waals surface area contributed by atoms with Crippen LogP contribution in [0.1, 0.15) is 29.9 Å². The Balaban J connectivity index is 0.000000445. The van der Waals surface area contributed by atoms with Gasteiger partial charge in [-0.1, -0.05) is 12.1 Å². The van der Waals surface area contributed by atoms with Crippen molar-refractivity contribution < 1.29 is 32.6 Å². The molecule has 0 fully saturated rings. The summed E-state index contributed by atoms with van der Waals surface area (Å²) in [5, 5.41) is 10.1. The van der Waals surface area contributed by atoms with Crippen LogP contribution < -0.4 is 10.1 Å². The van der Waals surface area contributed by atoms with Crippen molar-refractivity contribution in [3.8, 4) is 5.75 Å². The summed E-state index contributed by atoms with van der Waals surface area (Å²) < 4.78 is 38.6. The van der Waals surface area contributed by atoms with E-state index >= 15 is 0 Å². The molecule has 0 atom stereocenters. The van der Waals surface area contributed by atoms with Gasteiger partial charge in [-0.2, -0.15) is 13.2 Å². The fourth-order valence-corrected chi connectivity index (χ4v) is 2.00. The van der Waals surface area contributed by atoms with Crippen LogP contribution in [0, 0.1) is 0 Å². The van der Waals surface area contributed by atoms with Gasteiger partial charge in [0.05, 0.1) is 25.2 Å². The molecule has 0 unspecified atom stereocenters. The molecule has 0 spiro atoms. The molecule has 2 aromatic rings. The monoisotopic (exact) mass is 387 g/mol. The molecule has 1 aromatic carbocycles. The SMILES string of the molecule is COc1ccc(C(C)(C)NC(=O)c2cncn2C)cc1.O=C(O)C(F)(F)F. The number of nitrogens with one attached hydrogen (secondary N) is 1. The molecule has 1 amide bonds. The minimum atomic E-state index is -5.08. The first-order valence-corrected chi connectivity index (χ1v) is 7.62. The summed E-state index contributed by atoms with van der Waals surface area (Å²) in [5.41, 5.74) is 1.06. The Kier molecular flexibility index (Phi) is 6.98. The van der Waals surface area contributed by atoms with Crippen LogP contribution in [0.15, 0.2) is 36.8 Å². The Hall–Kier alpha value is -3.04. The number of halogens is 3. The summed E-state index contributed by atoms with van der Waals surface area (Å²) >= 11 is 0. The Morgan fingerprint density at radius 1 is 1.19 bits per heavy atom. The number of carboxylic acid groups (broad SMARTS) is 1. The van der Waals surface area contributed by atoms with Gasteiger partial charge >= 0.3 is 12.1 Å². The topological polar surface area (TPSA) is 93.5 Å². The predicted octanol–water partition coefficient (Wildman–Crippen LogP) is 2.73. The lowest BCUT2D eigenvalue weighted by Crippen LogP contribution is -2.41. The molecule has 27 heavy (non-hydrogen) atoms. The van der Waals surface area contributed by atoms with Crippen molar-refractivity contribution in [2.75, 3.05) is 7.11 Å². The van der Waals surface area contributed by atoms with Gasteiger partial charge in [-0.25, -0.2) is 9.78 Å².